The molecule has 0 radical (unpaired) electrons. The molecule has 1 saturated heterocycles. The number of nitrogens with zero attached hydrogens (tertiary/aromatic N) is 3. The van der Waals surface area contributed by atoms with Crippen molar-refractivity contribution in [3.05, 3.63) is 30.1 Å². The molecular formula is C19H32N4O2. The molecule has 1 N–H and O–H groups in total. The van der Waals surface area contributed by atoms with Gasteiger partial charge in [0, 0.05) is 45.1 Å². The molecule has 6 nitrogen and oxygen atoms in total. The molecule has 1 aliphatic rings. The Morgan fingerprint density at radius 3 is 2.52 bits per heavy atom. The predicted octanol–water partition coefficient (Wildman–Crippen LogP) is 2.53. The first-order chi connectivity index (χ1) is 12.0. The lowest BCUT2D eigenvalue weighted by Gasteiger charge is -2.36. The van der Waals surface area contributed by atoms with E-state index in [0.717, 1.165) is 38.3 Å². The lowest BCUT2D eigenvalue weighted by Crippen LogP contribution is -2.51. The maximum atomic E-state index is 12.6. The highest BCUT2D eigenvalue weighted by atomic mass is 16.5. The second kappa shape index (κ2) is 9.73. The molecule has 0 bridgehead atoms. The molecule has 1 fully saturated rings. The second-order valence-corrected chi connectivity index (χ2v) is 7.19. The summed E-state index contributed by atoms with van der Waals surface area (Å²) in [6, 6.07) is 4.23. The van der Waals surface area contributed by atoms with Crippen molar-refractivity contribution in [3.8, 4) is 0 Å². The number of hydrogen-bond acceptors (Lipinski definition) is 4. The van der Waals surface area contributed by atoms with E-state index in [-0.39, 0.29) is 12.1 Å². The third kappa shape index (κ3) is 5.97. The molecule has 0 aliphatic carbocycles. The van der Waals surface area contributed by atoms with Gasteiger partial charge in [-0.15, -0.1) is 0 Å². The average molecular weight is 348 g/mol. The van der Waals surface area contributed by atoms with E-state index in [1.54, 1.807) is 17.3 Å². The number of amides is 2. The normalized spacial score (nSPS) is 18.0. The Labute approximate surface area is 151 Å². The van der Waals surface area contributed by atoms with E-state index < -0.39 is 0 Å². The molecule has 1 aromatic heterocycles. The molecule has 140 valence electrons. The Kier molecular flexibility index (Phi) is 7.65. The van der Waals surface area contributed by atoms with Crippen LogP contribution in [0.5, 0.6) is 0 Å². The molecule has 2 atom stereocenters. The van der Waals surface area contributed by atoms with Crippen molar-refractivity contribution in [1.29, 1.82) is 0 Å². The standard InChI is InChI=1S/C19H32N4O2/c1-15(2)13-18(23-9-11-25-12-10-23)14-21-19(24)22(4)16(3)17-5-7-20-8-6-17/h5-8,15-16,18H,9-14H2,1-4H3,(H,21,24). The van der Waals surface area contributed by atoms with Crippen LogP contribution < -0.4 is 5.32 Å². The summed E-state index contributed by atoms with van der Waals surface area (Å²) in [7, 11) is 1.84. The van der Waals surface area contributed by atoms with E-state index in [4.69, 9.17) is 4.74 Å². The average Bonchev–Trinajstić information content (AvgIpc) is 2.64. The number of pyridine rings is 1. The first-order valence-corrected chi connectivity index (χ1v) is 9.21. The summed E-state index contributed by atoms with van der Waals surface area (Å²) in [5.74, 6) is 0.596. The van der Waals surface area contributed by atoms with Crippen molar-refractivity contribution >= 4 is 6.03 Å². The number of nitrogens with one attached hydrogen (secondary N) is 1. The summed E-state index contributed by atoms with van der Waals surface area (Å²) >= 11 is 0. The van der Waals surface area contributed by atoms with Crippen LogP contribution in [0, 0.1) is 5.92 Å². The highest BCUT2D eigenvalue weighted by Gasteiger charge is 2.24. The van der Waals surface area contributed by atoms with Gasteiger partial charge in [0.25, 0.3) is 0 Å². The maximum Gasteiger partial charge on any atom is 0.317 e. The fraction of sp³-hybridized carbons (Fsp3) is 0.684. The van der Waals surface area contributed by atoms with E-state index in [1.165, 1.54) is 0 Å². The molecular weight excluding hydrogens is 316 g/mol. The smallest absolute Gasteiger partial charge is 0.317 e. The lowest BCUT2D eigenvalue weighted by molar-refractivity contribution is 0.0127. The Morgan fingerprint density at radius 2 is 1.92 bits per heavy atom. The van der Waals surface area contributed by atoms with Gasteiger partial charge in [-0.2, -0.15) is 0 Å². The number of carbonyl (C=O) groups excluding carboxylic acids is 1. The van der Waals surface area contributed by atoms with Gasteiger partial charge in [-0.05, 0) is 37.0 Å². The molecule has 0 spiro atoms. The SMILES string of the molecule is CC(C)CC(CNC(=O)N(C)C(C)c1ccncc1)N1CCOCC1. The summed E-state index contributed by atoms with van der Waals surface area (Å²) in [5.41, 5.74) is 1.08. The zero-order valence-electron chi connectivity index (χ0n) is 15.9. The van der Waals surface area contributed by atoms with E-state index >= 15 is 0 Å². The van der Waals surface area contributed by atoms with Crippen LogP contribution in [0.3, 0.4) is 0 Å². The molecule has 0 saturated carbocycles. The summed E-state index contributed by atoms with van der Waals surface area (Å²) in [4.78, 5) is 20.8. The van der Waals surface area contributed by atoms with Crippen LogP contribution in [0.15, 0.2) is 24.5 Å². The first kappa shape index (κ1) is 19.7. The highest BCUT2D eigenvalue weighted by Crippen LogP contribution is 2.18. The molecule has 6 heteroatoms. The number of rotatable bonds is 7. The number of carbonyl (C=O) groups is 1. The first-order valence-electron chi connectivity index (χ1n) is 9.21. The molecule has 25 heavy (non-hydrogen) atoms. The minimum absolute atomic E-state index is 0.00920. The van der Waals surface area contributed by atoms with Crippen LogP contribution in [-0.2, 0) is 4.74 Å². The zero-order chi connectivity index (χ0) is 18.2. The molecule has 2 unspecified atom stereocenters. The van der Waals surface area contributed by atoms with Crippen LogP contribution in [0.4, 0.5) is 4.79 Å². The van der Waals surface area contributed by atoms with Crippen LogP contribution in [0.2, 0.25) is 0 Å². The van der Waals surface area contributed by atoms with Gasteiger partial charge in [0.1, 0.15) is 0 Å². The van der Waals surface area contributed by atoms with Crippen molar-refractivity contribution in [2.75, 3.05) is 39.9 Å². The highest BCUT2D eigenvalue weighted by molar-refractivity contribution is 5.74. The molecule has 1 aromatic rings. The molecule has 2 amide bonds. The van der Waals surface area contributed by atoms with Gasteiger partial charge in [-0.25, -0.2) is 4.79 Å². The van der Waals surface area contributed by atoms with Gasteiger partial charge in [0.05, 0.1) is 19.3 Å². The molecule has 0 aromatic carbocycles. The fourth-order valence-corrected chi connectivity index (χ4v) is 3.22. The van der Waals surface area contributed by atoms with Gasteiger partial charge in [0.15, 0.2) is 0 Å². The van der Waals surface area contributed by atoms with E-state index in [1.807, 2.05) is 26.1 Å². The molecule has 1 aliphatic heterocycles. The van der Waals surface area contributed by atoms with E-state index in [0.29, 0.717) is 18.5 Å². The monoisotopic (exact) mass is 348 g/mol. The third-order valence-corrected chi connectivity index (χ3v) is 4.88. The van der Waals surface area contributed by atoms with Crippen LogP contribution >= 0.6 is 0 Å². The van der Waals surface area contributed by atoms with Crippen LogP contribution in [0.1, 0.15) is 38.8 Å². The van der Waals surface area contributed by atoms with E-state index in [9.17, 15) is 4.79 Å². The Morgan fingerprint density at radius 1 is 1.28 bits per heavy atom. The third-order valence-electron chi connectivity index (χ3n) is 4.88. The number of urea groups is 1. The number of morpholine rings is 1. The Hall–Kier alpha value is -1.66. The van der Waals surface area contributed by atoms with Crippen molar-refractivity contribution in [3.63, 3.8) is 0 Å². The minimum atomic E-state index is -0.0358. The quantitative estimate of drug-likeness (QED) is 0.823. The van der Waals surface area contributed by atoms with Crippen molar-refractivity contribution in [2.45, 2.75) is 39.3 Å². The number of ether oxygens (including phenoxy) is 1. The summed E-state index contributed by atoms with van der Waals surface area (Å²) < 4.78 is 5.46. The predicted molar refractivity (Wildman–Crippen MR) is 99.4 cm³/mol. The number of aromatic nitrogens is 1. The van der Waals surface area contributed by atoms with Crippen LogP contribution in [-0.4, -0.2) is 66.8 Å². The maximum absolute atomic E-state index is 12.6. The molecule has 2 heterocycles. The second-order valence-electron chi connectivity index (χ2n) is 7.19. The van der Waals surface area contributed by atoms with Gasteiger partial charge in [0.2, 0.25) is 0 Å². The Bertz CT molecular complexity index is 517. The van der Waals surface area contributed by atoms with Crippen molar-refractivity contribution in [2.24, 2.45) is 5.92 Å². The van der Waals surface area contributed by atoms with Crippen LogP contribution in [0.25, 0.3) is 0 Å². The topological polar surface area (TPSA) is 57.7 Å². The minimum Gasteiger partial charge on any atom is -0.379 e. The largest absolute Gasteiger partial charge is 0.379 e. The summed E-state index contributed by atoms with van der Waals surface area (Å²) in [6.45, 7) is 10.6. The molecule has 2 rings (SSSR count). The van der Waals surface area contributed by atoms with Gasteiger partial charge < -0.3 is 15.0 Å². The lowest BCUT2D eigenvalue weighted by atomic mass is 10.0. The number of hydrogen-bond donors (Lipinski definition) is 1. The van der Waals surface area contributed by atoms with Gasteiger partial charge in [-0.1, -0.05) is 13.8 Å². The fourth-order valence-electron chi connectivity index (χ4n) is 3.22. The summed E-state index contributed by atoms with van der Waals surface area (Å²) in [5, 5.41) is 3.12. The Balaban J connectivity index is 1.90. The van der Waals surface area contributed by atoms with Gasteiger partial charge >= 0.3 is 6.03 Å². The van der Waals surface area contributed by atoms with E-state index in [2.05, 4.69) is 29.0 Å². The van der Waals surface area contributed by atoms with Crippen molar-refractivity contribution in [1.82, 2.24) is 20.1 Å². The zero-order valence-corrected chi connectivity index (χ0v) is 15.9. The van der Waals surface area contributed by atoms with Gasteiger partial charge in [-0.3, -0.25) is 9.88 Å². The summed E-state index contributed by atoms with van der Waals surface area (Å²) in [6.07, 6.45) is 4.59. The van der Waals surface area contributed by atoms with Crippen molar-refractivity contribution < 1.29 is 9.53 Å².